The van der Waals surface area contributed by atoms with E-state index in [9.17, 15) is 10.5 Å². The molecule has 5 heteroatoms. The summed E-state index contributed by atoms with van der Waals surface area (Å²) in [6, 6.07) is 20.6. The summed E-state index contributed by atoms with van der Waals surface area (Å²) in [5.74, 6) is 0. The van der Waals surface area contributed by atoms with Crippen molar-refractivity contribution in [1.82, 2.24) is 4.98 Å². The Morgan fingerprint density at radius 1 is 0.875 bits per heavy atom. The van der Waals surface area contributed by atoms with Crippen molar-refractivity contribution < 1.29 is 0 Å². The minimum Gasteiger partial charge on any atom is -0.759 e. The highest BCUT2D eigenvalue weighted by Gasteiger charge is 2.19. The van der Waals surface area contributed by atoms with Gasteiger partial charge in [-0.1, -0.05) is 65.2 Å². The lowest BCUT2D eigenvalue weighted by atomic mass is 9.93. The predicted molar refractivity (Wildman–Crippen MR) is 95.2 cm³/mol. The first-order valence-corrected chi connectivity index (χ1v) is 7.81. The Kier molecular flexibility index (Phi) is 4.44. The second-order valence-corrected chi connectivity index (χ2v) is 5.75. The molecule has 0 N–H and O–H groups in total. The summed E-state index contributed by atoms with van der Waals surface area (Å²) in [5, 5.41) is 19.9. The van der Waals surface area contributed by atoms with E-state index >= 15 is 0 Å². The Balaban J connectivity index is 2.44. The van der Waals surface area contributed by atoms with Crippen LogP contribution in [0.15, 0.2) is 59.6 Å². The van der Waals surface area contributed by atoms with Crippen molar-refractivity contribution in [3.63, 3.8) is 0 Å². The topological polar surface area (TPSA) is 60.5 Å². The van der Waals surface area contributed by atoms with E-state index in [0.717, 1.165) is 5.56 Å². The number of aromatic nitrogens is 1. The molecule has 2 aromatic carbocycles. The third-order valence-corrected chi connectivity index (χ3v) is 4.20. The molecule has 114 valence electrons. The maximum atomic E-state index is 9.75. The van der Waals surface area contributed by atoms with Crippen LogP contribution < -0.4 is 0 Å². The summed E-state index contributed by atoms with van der Waals surface area (Å²) < 4.78 is 0. The molecule has 24 heavy (non-hydrogen) atoms. The number of nitrogens with zero attached hydrogens (tertiary/aromatic N) is 3. The van der Waals surface area contributed by atoms with Gasteiger partial charge in [0.25, 0.3) is 0 Å². The fourth-order valence-corrected chi connectivity index (χ4v) is 2.98. The second kappa shape index (κ2) is 6.68. The Hall–Kier alpha value is -2.92. The minimum atomic E-state index is 0.158. The molecule has 0 saturated heterocycles. The molecule has 1 heterocycles. The fourth-order valence-electron chi connectivity index (χ4n) is 2.51. The summed E-state index contributed by atoms with van der Waals surface area (Å²) in [6.45, 7) is 0. The molecule has 0 saturated carbocycles. The zero-order valence-electron chi connectivity index (χ0n) is 12.3. The minimum absolute atomic E-state index is 0.158. The van der Waals surface area contributed by atoms with Crippen LogP contribution in [-0.4, -0.2) is 4.98 Å². The lowest BCUT2D eigenvalue weighted by Crippen LogP contribution is -2.01. The van der Waals surface area contributed by atoms with Crippen molar-refractivity contribution in [2.45, 2.75) is 5.03 Å². The Morgan fingerprint density at radius 3 is 2.12 bits per heavy atom. The fraction of sp³-hybridized carbons (Fsp3) is 0. The van der Waals surface area contributed by atoms with Crippen molar-refractivity contribution in [3.8, 4) is 34.5 Å². The molecule has 3 rings (SSSR count). The maximum Gasteiger partial charge on any atom is 0.102 e. The summed E-state index contributed by atoms with van der Waals surface area (Å²) in [4.78, 5) is 4.33. The summed E-state index contributed by atoms with van der Waals surface area (Å²) in [6.07, 6.45) is 0. The van der Waals surface area contributed by atoms with E-state index < -0.39 is 0 Å². The van der Waals surface area contributed by atoms with Gasteiger partial charge in [0.15, 0.2) is 0 Å². The average Bonchev–Trinajstić information content (AvgIpc) is 2.62. The van der Waals surface area contributed by atoms with Gasteiger partial charge in [-0.15, -0.1) is 0 Å². The van der Waals surface area contributed by atoms with Gasteiger partial charge in [-0.3, -0.25) is 4.98 Å². The van der Waals surface area contributed by atoms with Crippen molar-refractivity contribution >= 4 is 24.2 Å². The van der Waals surface area contributed by atoms with Gasteiger partial charge in [0.05, 0.1) is 22.9 Å². The molecule has 0 aliphatic heterocycles. The largest absolute Gasteiger partial charge is 0.759 e. The Labute approximate surface area is 150 Å². The van der Waals surface area contributed by atoms with Gasteiger partial charge in [0, 0.05) is 21.7 Å². The van der Waals surface area contributed by atoms with Crippen LogP contribution in [-0.2, 0) is 12.6 Å². The molecular weight excluding hydrogens is 338 g/mol. The normalized spacial score (nSPS) is 9.96. The number of pyridine rings is 1. The highest BCUT2D eigenvalue weighted by Crippen LogP contribution is 2.37. The molecule has 3 aromatic rings. The van der Waals surface area contributed by atoms with Crippen LogP contribution in [0.1, 0.15) is 11.1 Å². The molecule has 3 nitrogen and oxygen atoms in total. The Morgan fingerprint density at radius 2 is 1.50 bits per heavy atom. The van der Waals surface area contributed by atoms with E-state index in [4.69, 9.17) is 24.2 Å². The van der Waals surface area contributed by atoms with Gasteiger partial charge < -0.3 is 12.6 Å². The van der Waals surface area contributed by atoms with E-state index in [-0.39, 0.29) is 10.6 Å². The van der Waals surface area contributed by atoms with Crippen LogP contribution in [0.25, 0.3) is 22.4 Å². The number of hydrogen-bond donors (Lipinski definition) is 0. The number of benzene rings is 2. The lowest BCUT2D eigenvalue weighted by molar-refractivity contribution is 1.12. The van der Waals surface area contributed by atoms with Crippen LogP contribution in [0.4, 0.5) is 0 Å². The highest BCUT2D eigenvalue weighted by atomic mass is 35.5. The summed E-state index contributed by atoms with van der Waals surface area (Å²) in [5.41, 5.74) is 2.73. The van der Waals surface area contributed by atoms with Crippen molar-refractivity contribution in [1.29, 1.82) is 10.5 Å². The van der Waals surface area contributed by atoms with Crippen molar-refractivity contribution in [3.05, 3.63) is 70.7 Å². The lowest BCUT2D eigenvalue weighted by Gasteiger charge is -2.18. The van der Waals surface area contributed by atoms with Crippen LogP contribution in [0.2, 0.25) is 5.02 Å². The third kappa shape index (κ3) is 2.70. The van der Waals surface area contributed by atoms with Gasteiger partial charge in [-0.05, 0) is 6.07 Å². The summed E-state index contributed by atoms with van der Waals surface area (Å²) >= 11 is 11.6. The first-order chi connectivity index (χ1) is 11.7. The highest BCUT2D eigenvalue weighted by molar-refractivity contribution is 7.58. The van der Waals surface area contributed by atoms with E-state index in [0.29, 0.717) is 27.4 Å². The quantitative estimate of drug-likeness (QED) is 0.630. The zero-order valence-corrected chi connectivity index (χ0v) is 13.9. The smallest absolute Gasteiger partial charge is 0.102 e. The van der Waals surface area contributed by atoms with Crippen LogP contribution >= 0.6 is 11.6 Å². The number of hydrogen-bond acceptors (Lipinski definition) is 4. The van der Waals surface area contributed by atoms with Crippen LogP contribution in [0.3, 0.4) is 0 Å². The molecule has 0 atom stereocenters. The molecule has 0 amide bonds. The first kappa shape index (κ1) is 16.0. The molecule has 0 bridgehead atoms. The van der Waals surface area contributed by atoms with E-state index in [1.54, 1.807) is 24.3 Å². The van der Waals surface area contributed by atoms with Gasteiger partial charge >= 0.3 is 0 Å². The second-order valence-electron chi connectivity index (χ2n) is 4.96. The average molecular weight is 347 g/mol. The molecule has 1 aromatic heterocycles. The van der Waals surface area contributed by atoms with Gasteiger partial charge in [0.2, 0.25) is 0 Å². The molecule has 0 spiro atoms. The number of nitriles is 2. The van der Waals surface area contributed by atoms with Gasteiger partial charge in [-0.25, -0.2) is 0 Å². The molecular formula is C19H9ClN3S-. The molecule has 0 aliphatic rings. The zero-order chi connectivity index (χ0) is 17.1. The maximum absolute atomic E-state index is 9.75. The SMILES string of the molecule is N#Cc1c([S-])nc(-c2ccccc2)c(C#N)c1-c1ccccc1Cl. The molecule has 0 radical (unpaired) electrons. The van der Waals surface area contributed by atoms with Crippen LogP contribution in [0.5, 0.6) is 0 Å². The molecule has 0 aliphatic carbocycles. The predicted octanol–water partition coefficient (Wildman–Crippen LogP) is 4.72. The van der Waals surface area contributed by atoms with E-state index in [1.807, 2.05) is 30.3 Å². The first-order valence-electron chi connectivity index (χ1n) is 7.03. The number of rotatable bonds is 2. The van der Waals surface area contributed by atoms with E-state index in [2.05, 4.69) is 17.1 Å². The third-order valence-electron chi connectivity index (χ3n) is 3.58. The van der Waals surface area contributed by atoms with Crippen LogP contribution in [0, 0.1) is 22.7 Å². The molecule has 0 fully saturated rings. The van der Waals surface area contributed by atoms with Crippen molar-refractivity contribution in [2.24, 2.45) is 0 Å². The van der Waals surface area contributed by atoms with Gasteiger partial charge in [-0.2, -0.15) is 10.5 Å². The monoisotopic (exact) mass is 346 g/mol. The number of halogens is 1. The summed E-state index contributed by atoms with van der Waals surface area (Å²) in [7, 11) is 0. The van der Waals surface area contributed by atoms with Crippen molar-refractivity contribution in [2.75, 3.05) is 0 Å². The molecule has 0 unspecified atom stereocenters. The Bertz CT molecular complexity index is 1000. The van der Waals surface area contributed by atoms with E-state index in [1.165, 1.54) is 0 Å². The van der Waals surface area contributed by atoms with Gasteiger partial charge in [0.1, 0.15) is 6.07 Å². The standard InChI is InChI=1S/C19H10ClN3S/c20-16-9-5-4-8-13(16)17-14(10-21)18(12-6-2-1-3-7-12)23-19(24)15(17)11-22/h1-9H,(H,23,24)/p-1.